The molecule has 0 aliphatic rings. The minimum atomic E-state index is -0.657. The van der Waals surface area contributed by atoms with Gasteiger partial charge in [0.15, 0.2) is 0 Å². The number of nitrogens with two attached hydrogens (primary N) is 1. The number of benzene rings is 1. The summed E-state index contributed by atoms with van der Waals surface area (Å²) in [7, 11) is 0. The first kappa shape index (κ1) is 16.0. The van der Waals surface area contributed by atoms with Crippen molar-refractivity contribution in [3.05, 3.63) is 47.7 Å². The van der Waals surface area contributed by atoms with Crippen LogP contribution in [0.2, 0.25) is 0 Å². The zero-order chi connectivity index (χ0) is 17.3. The Hall–Kier alpha value is -2.83. The maximum absolute atomic E-state index is 14.0. The quantitative estimate of drug-likeness (QED) is 0.781. The van der Waals surface area contributed by atoms with Gasteiger partial charge in [-0.1, -0.05) is 6.07 Å². The first-order chi connectivity index (χ1) is 11.5. The molecule has 124 valence electrons. The second kappa shape index (κ2) is 6.35. The van der Waals surface area contributed by atoms with Crippen LogP contribution in [0, 0.1) is 18.6 Å². The van der Waals surface area contributed by atoms with Crippen molar-refractivity contribution in [2.24, 2.45) is 5.73 Å². The first-order valence-electron chi connectivity index (χ1n) is 7.53. The van der Waals surface area contributed by atoms with Crippen molar-refractivity contribution in [2.45, 2.75) is 26.3 Å². The molecule has 1 aromatic carbocycles. The van der Waals surface area contributed by atoms with Gasteiger partial charge in [-0.05, 0) is 37.1 Å². The number of aryl methyl sites for hydroxylation is 2. The summed E-state index contributed by atoms with van der Waals surface area (Å²) in [5.74, 6) is -1.68. The van der Waals surface area contributed by atoms with Crippen LogP contribution < -0.4 is 5.73 Å². The van der Waals surface area contributed by atoms with Gasteiger partial charge in [0, 0.05) is 13.0 Å². The van der Waals surface area contributed by atoms with Crippen LogP contribution in [-0.4, -0.2) is 20.7 Å². The number of amides is 1. The van der Waals surface area contributed by atoms with E-state index in [1.54, 1.807) is 16.9 Å². The van der Waals surface area contributed by atoms with Crippen LogP contribution in [0.1, 0.15) is 18.4 Å². The van der Waals surface area contributed by atoms with Crippen LogP contribution in [0.4, 0.5) is 8.78 Å². The van der Waals surface area contributed by atoms with Crippen LogP contribution in [-0.2, 0) is 11.3 Å². The summed E-state index contributed by atoms with van der Waals surface area (Å²) in [6.45, 7) is 2.35. The van der Waals surface area contributed by atoms with Gasteiger partial charge in [-0.2, -0.15) is 5.10 Å². The lowest BCUT2D eigenvalue weighted by Gasteiger charge is -2.08. The van der Waals surface area contributed by atoms with Crippen LogP contribution in [0.25, 0.3) is 22.3 Å². The molecule has 5 nitrogen and oxygen atoms in total. The molecular weight excluding hydrogens is 314 g/mol. The SMILES string of the molecule is Cc1cc(-c2c(F)cccc2F)nc2cnn(CCCC(N)=O)c12. The highest BCUT2D eigenvalue weighted by molar-refractivity contribution is 5.81. The van der Waals surface area contributed by atoms with Crippen LogP contribution in [0.5, 0.6) is 0 Å². The normalized spacial score (nSPS) is 11.1. The van der Waals surface area contributed by atoms with Crippen molar-refractivity contribution in [1.82, 2.24) is 14.8 Å². The molecule has 0 saturated carbocycles. The van der Waals surface area contributed by atoms with Gasteiger partial charge in [-0.15, -0.1) is 0 Å². The number of carbonyl (C=O) groups is 1. The molecule has 2 aromatic heterocycles. The smallest absolute Gasteiger partial charge is 0.217 e. The van der Waals surface area contributed by atoms with Crippen LogP contribution >= 0.6 is 0 Å². The molecule has 3 rings (SSSR count). The molecule has 2 heterocycles. The number of halogens is 2. The molecule has 24 heavy (non-hydrogen) atoms. The number of carbonyl (C=O) groups excluding carboxylic acids is 1. The lowest BCUT2D eigenvalue weighted by Crippen LogP contribution is -2.12. The lowest BCUT2D eigenvalue weighted by molar-refractivity contribution is -0.118. The van der Waals surface area contributed by atoms with Gasteiger partial charge < -0.3 is 5.73 Å². The first-order valence-corrected chi connectivity index (χ1v) is 7.53. The van der Waals surface area contributed by atoms with E-state index in [-0.39, 0.29) is 23.6 Å². The Morgan fingerprint density at radius 2 is 2.00 bits per heavy atom. The number of nitrogens with zero attached hydrogens (tertiary/aromatic N) is 3. The Labute approximate surface area is 137 Å². The van der Waals surface area contributed by atoms with Gasteiger partial charge >= 0.3 is 0 Å². The van der Waals surface area contributed by atoms with E-state index in [1.165, 1.54) is 18.2 Å². The molecule has 0 bridgehead atoms. The summed E-state index contributed by atoms with van der Waals surface area (Å²) >= 11 is 0. The zero-order valence-corrected chi connectivity index (χ0v) is 13.1. The Bertz CT molecular complexity index is 900. The number of pyridine rings is 1. The molecule has 0 saturated heterocycles. The summed E-state index contributed by atoms with van der Waals surface area (Å²) in [4.78, 5) is 15.2. The van der Waals surface area contributed by atoms with E-state index in [0.29, 0.717) is 18.5 Å². The van der Waals surface area contributed by atoms with Crippen molar-refractivity contribution < 1.29 is 13.6 Å². The molecule has 0 fully saturated rings. The van der Waals surface area contributed by atoms with Crippen molar-refractivity contribution in [3.63, 3.8) is 0 Å². The second-order valence-electron chi connectivity index (χ2n) is 5.59. The summed E-state index contributed by atoms with van der Waals surface area (Å²) in [6.07, 6.45) is 2.39. The van der Waals surface area contributed by atoms with E-state index in [1.807, 2.05) is 6.92 Å². The number of hydrogen-bond donors (Lipinski definition) is 1. The Balaban J connectivity index is 2.02. The van der Waals surface area contributed by atoms with E-state index >= 15 is 0 Å². The molecule has 3 aromatic rings. The largest absolute Gasteiger partial charge is 0.370 e. The van der Waals surface area contributed by atoms with E-state index in [4.69, 9.17) is 5.73 Å². The zero-order valence-electron chi connectivity index (χ0n) is 13.1. The number of fused-ring (bicyclic) bond motifs is 1. The van der Waals surface area contributed by atoms with Gasteiger partial charge in [0.05, 0.1) is 23.0 Å². The third-order valence-corrected chi connectivity index (χ3v) is 3.80. The topological polar surface area (TPSA) is 73.8 Å². The van der Waals surface area contributed by atoms with Crippen molar-refractivity contribution >= 4 is 16.9 Å². The predicted molar refractivity (Wildman–Crippen MR) is 86.0 cm³/mol. The van der Waals surface area contributed by atoms with E-state index in [0.717, 1.165) is 11.1 Å². The molecule has 0 spiro atoms. The molecular formula is C17H16F2N4O. The molecule has 0 radical (unpaired) electrons. The highest BCUT2D eigenvalue weighted by Crippen LogP contribution is 2.28. The summed E-state index contributed by atoms with van der Waals surface area (Å²) in [5, 5.41) is 4.25. The number of aromatic nitrogens is 3. The average Bonchev–Trinajstić information content (AvgIpc) is 2.90. The van der Waals surface area contributed by atoms with Gasteiger partial charge in [0.25, 0.3) is 0 Å². The Kier molecular flexibility index (Phi) is 4.24. The third kappa shape index (κ3) is 2.97. The minimum absolute atomic E-state index is 0.149. The molecule has 1 amide bonds. The van der Waals surface area contributed by atoms with Crippen molar-refractivity contribution in [2.75, 3.05) is 0 Å². The van der Waals surface area contributed by atoms with Gasteiger partial charge in [0.1, 0.15) is 17.2 Å². The van der Waals surface area contributed by atoms with E-state index in [2.05, 4.69) is 10.1 Å². The molecule has 0 aliphatic carbocycles. The van der Waals surface area contributed by atoms with Gasteiger partial charge in [-0.3, -0.25) is 9.48 Å². The Morgan fingerprint density at radius 1 is 1.29 bits per heavy atom. The molecule has 7 heteroatoms. The highest BCUT2D eigenvalue weighted by atomic mass is 19.1. The summed E-state index contributed by atoms with van der Waals surface area (Å²) in [6, 6.07) is 5.35. The maximum Gasteiger partial charge on any atom is 0.217 e. The predicted octanol–water partition coefficient (Wildman–Crippen LogP) is 2.95. The third-order valence-electron chi connectivity index (χ3n) is 3.80. The number of primary amides is 1. The molecule has 0 aliphatic heterocycles. The molecule has 2 N–H and O–H groups in total. The maximum atomic E-state index is 14.0. The van der Waals surface area contributed by atoms with Crippen molar-refractivity contribution in [3.8, 4) is 11.3 Å². The molecule has 0 unspecified atom stereocenters. The van der Waals surface area contributed by atoms with Crippen molar-refractivity contribution in [1.29, 1.82) is 0 Å². The number of hydrogen-bond acceptors (Lipinski definition) is 3. The standard InChI is InChI=1S/C17H16F2N4O/c1-10-8-13(16-11(18)4-2-5-12(16)19)22-14-9-21-23(17(10)14)7-3-6-15(20)24/h2,4-5,8-9H,3,6-7H2,1H3,(H2,20,24). The highest BCUT2D eigenvalue weighted by Gasteiger charge is 2.16. The van der Waals surface area contributed by atoms with Crippen LogP contribution in [0.15, 0.2) is 30.5 Å². The minimum Gasteiger partial charge on any atom is -0.370 e. The fraction of sp³-hybridized carbons (Fsp3) is 0.235. The number of rotatable bonds is 5. The second-order valence-corrected chi connectivity index (χ2v) is 5.59. The van der Waals surface area contributed by atoms with E-state index < -0.39 is 11.6 Å². The van der Waals surface area contributed by atoms with E-state index in [9.17, 15) is 13.6 Å². The van der Waals surface area contributed by atoms with Gasteiger partial charge in [0.2, 0.25) is 5.91 Å². The fourth-order valence-electron chi connectivity index (χ4n) is 2.74. The van der Waals surface area contributed by atoms with Crippen LogP contribution in [0.3, 0.4) is 0 Å². The Morgan fingerprint density at radius 3 is 2.67 bits per heavy atom. The fourth-order valence-corrected chi connectivity index (χ4v) is 2.74. The average molecular weight is 330 g/mol. The van der Waals surface area contributed by atoms with Gasteiger partial charge in [-0.25, -0.2) is 13.8 Å². The lowest BCUT2D eigenvalue weighted by atomic mass is 10.1. The summed E-state index contributed by atoms with van der Waals surface area (Å²) < 4.78 is 29.7. The monoisotopic (exact) mass is 330 g/mol. The molecule has 0 atom stereocenters. The summed E-state index contributed by atoms with van der Waals surface area (Å²) in [5.41, 5.74) is 7.34.